The number of rotatable bonds is 12. The monoisotopic (exact) mass is 648 g/mol. The molecule has 1 aromatic heterocycles. The molecule has 246 valence electrons. The number of ketones is 2. The minimum Gasteiger partial charge on any atom is -0.494 e. The van der Waals surface area contributed by atoms with Crippen molar-refractivity contribution in [2.24, 2.45) is 0 Å². The van der Waals surface area contributed by atoms with E-state index in [0.29, 0.717) is 41.2 Å². The number of nitrogens with one attached hydrogen (secondary N) is 1. The third kappa shape index (κ3) is 9.26. The average Bonchev–Trinajstić information content (AvgIpc) is 3.63. The lowest BCUT2D eigenvalue weighted by molar-refractivity contribution is 0.0592. The number of aromatic nitrogens is 2. The summed E-state index contributed by atoms with van der Waals surface area (Å²) >= 11 is 0. The molecule has 0 aliphatic carbocycles. The van der Waals surface area contributed by atoms with E-state index in [4.69, 9.17) is 14.2 Å². The van der Waals surface area contributed by atoms with Gasteiger partial charge in [-0.15, -0.1) is 0 Å². The third-order valence-corrected chi connectivity index (χ3v) is 7.09. The summed E-state index contributed by atoms with van der Waals surface area (Å²) in [7, 11) is 2.66. The lowest BCUT2D eigenvalue weighted by Crippen LogP contribution is -2.09. The Morgan fingerprint density at radius 3 is 1.42 bits per heavy atom. The Bertz CT molecular complexity index is 1830. The molecule has 0 aliphatic heterocycles. The fourth-order valence-electron chi connectivity index (χ4n) is 4.57. The van der Waals surface area contributed by atoms with Crippen LogP contribution in [0.25, 0.3) is 22.5 Å². The highest BCUT2D eigenvalue weighted by atomic mass is 16.5. The van der Waals surface area contributed by atoms with Gasteiger partial charge in [-0.1, -0.05) is 24.3 Å². The molecule has 48 heavy (non-hydrogen) atoms. The van der Waals surface area contributed by atoms with Crippen molar-refractivity contribution in [3.8, 4) is 34.0 Å². The van der Waals surface area contributed by atoms with E-state index in [1.807, 2.05) is 56.3 Å². The highest BCUT2D eigenvalue weighted by Gasteiger charge is 2.15. The Morgan fingerprint density at radius 1 is 0.562 bits per heavy atom. The number of benzene rings is 4. The summed E-state index contributed by atoms with van der Waals surface area (Å²) in [6.45, 7) is 5.03. The van der Waals surface area contributed by atoms with Crippen molar-refractivity contribution in [1.82, 2.24) is 10.2 Å². The summed E-state index contributed by atoms with van der Waals surface area (Å²) in [4.78, 5) is 47.2. The van der Waals surface area contributed by atoms with E-state index in [1.54, 1.807) is 36.4 Å². The normalized spacial score (nSPS) is 10.2. The second-order valence-electron chi connectivity index (χ2n) is 10.2. The van der Waals surface area contributed by atoms with Crippen molar-refractivity contribution in [2.45, 2.75) is 20.3 Å². The van der Waals surface area contributed by atoms with E-state index in [-0.39, 0.29) is 24.0 Å². The molecule has 10 heteroatoms. The van der Waals surface area contributed by atoms with Crippen LogP contribution in [0.15, 0.2) is 103 Å². The standard InChI is InChI=1S/C19H18N2O3.C19H18O5/c1-3-24-16-10-8-14(9-11-16)18-12-17(20-21-18)13-4-6-15(7-5-13)19(22)23-2;1-3-24-16-10-8-14(9-11-16)18(21)12-17(20)13-4-6-15(7-5-13)19(22)23-2/h4-12H,3H2,1-2H3,(H,20,21);4-11H,3,12H2,1-2H3. The van der Waals surface area contributed by atoms with E-state index in [0.717, 1.165) is 28.3 Å². The zero-order chi connectivity index (χ0) is 34.5. The highest BCUT2D eigenvalue weighted by molar-refractivity contribution is 6.13. The maximum absolute atomic E-state index is 12.2. The van der Waals surface area contributed by atoms with Gasteiger partial charge in [-0.2, -0.15) is 5.10 Å². The number of ether oxygens (including phenoxy) is 4. The first-order chi connectivity index (χ1) is 23.3. The Morgan fingerprint density at radius 2 is 0.958 bits per heavy atom. The quantitative estimate of drug-likeness (QED) is 0.0843. The number of carbonyl (C=O) groups excluding carboxylic acids is 4. The summed E-state index contributed by atoms with van der Waals surface area (Å²) in [6, 6.07) is 29.7. The second kappa shape index (κ2) is 17.0. The SMILES string of the molecule is CCOc1ccc(-c2cc(-c3ccc(C(=O)OC)cc3)[nH]n2)cc1.CCOc1ccc(C(=O)CC(=O)c2ccc(C(=O)OC)cc2)cc1. The van der Waals surface area contributed by atoms with Crippen LogP contribution in [0.2, 0.25) is 0 Å². The zero-order valence-electron chi connectivity index (χ0n) is 27.1. The molecule has 0 saturated carbocycles. The summed E-state index contributed by atoms with van der Waals surface area (Å²) in [5.74, 6) is 0.139. The van der Waals surface area contributed by atoms with E-state index < -0.39 is 5.97 Å². The zero-order valence-corrected chi connectivity index (χ0v) is 27.1. The third-order valence-electron chi connectivity index (χ3n) is 7.09. The van der Waals surface area contributed by atoms with Gasteiger partial charge >= 0.3 is 11.9 Å². The molecule has 0 atom stereocenters. The average molecular weight is 649 g/mol. The molecule has 0 aliphatic rings. The van der Waals surface area contributed by atoms with Crippen LogP contribution in [-0.2, 0) is 9.47 Å². The minimum atomic E-state index is -0.473. The first kappa shape index (κ1) is 34.8. The summed E-state index contributed by atoms with van der Waals surface area (Å²) in [6.07, 6.45) is -0.231. The molecule has 5 aromatic rings. The number of hydrogen-bond acceptors (Lipinski definition) is 9. The molecule has 0 fully saturated rings. The minimum absolute atomic E-state index is 0.231. The largest absolute Gasteiger partial charge is 0.494 e. The number of esters is 2. The van der Waals surface area contributed by atoms with Crippen LogP contribution in [0.1, 0.15) is 61.7 Å². The molecular formula is C38H36N2O8. The first-order valence-electron chi connectivity index (χ1n) is 15.2. The van der Waals surface area contributed by atoms with Gasteiger partial charge in [-0.3, -0.25) is 14.7 Å². The van der Waals surface area contributed by atoms with Crippen LogP contribution in [-0.4, -0.2) is 61.1 Å². The smallest absolute Gasteiger partial charge is 0.337 e. The maximum Gasteiger partial charge on any atom is 0.337 e. The van der Waals surface area contributed by atoms with Gasteiger partial charge in [0.05, 0.1) is 56.4 Å². The Kier molecular flexibility index (Phi) is 12.4. The number of H-pyrrole nitrogens is 1. The van der Waals surface area contributed by atoms with Crippen molar-refractivity contribution in [2.75, 3.05) is 27.4 Å². The van der Waals surface area contributed by atoms with Crippen LogP contribution in [0.5, 0.6) is 11.5 Å². The van der Waals surface area contributed by atoms with E-state index in [9.17, 15) is 19.2 Å². The van der Waals surface area contributed by atoms with Gasteiger partial charge in [0.2, 0.25) is 0 Å². The number of aromatic amines is 1. The molecular weight excluding hydrogens is 612 g/mol. The molecule has 0 unspecified atom stereocenters. The van der Waals surface area contributed by atoms with Crippen LogP contribution in [0.4, 0.5) is 0 Å². The highest BCUT2D eigenvalue weighted by Crippen LogP contribution is 2.26. The van der Waals surface area contributed by atoms with Gasteiger partial charge in [0.25, 0.3) is 0 Å². The Balaban J connectivity index is 0.000000217. The van der Waals surface area contributed by atoms with Crippen LogP contribution in [0.3, 0.4) is 0 Å². The topological polar surface area (TPSA) is 134 Å². The number of carbonyl (C=O) groups is 4. The van der Waals surface area contributed by atoms with Gasteiger partial charge in [0.1, 0.15) is 11.5 Å². The molecule has 1 heterocycles. The molecule has 10 nitrogen and oxygen atoms in total. The van der Waals surface area contributed by atoms with Crippen molar-refractivity contribution in [3.63, 3.8) is 0 Å². The number of hydrogen-bond donors (Lipinski definition) is 1. The van der Waals surface area contributed by atoms with E-state index >= 15 is 0 Å². The second-order valence-corrected chi connectivity index (χ2v) is 10.2. The molecule has 4 aromatic carbocycles. The number of Topliss-reactive ketones (excluding diaryl/α,β-unsaturated/α-hetero) is 2. The van der Waals surface area contributed by atoms with Gasteiger partial charge in [0, 0.05) is 16.7 Å². The van der Waals surface area contributed by atoms with Gasteiger partial charge < -0.3 is 18.9 Å². The number of methoxy groups -OCH3 is 2. The maximum atomic E-state index is 12.2. The van der Waals surface area contributed by atoms with Crippen LogP contribution in [0, 0.1) is 0 Å². The molecule has 0 radical (unpaired) electrons. The molecule has 0 bridgehead atoms. The van der Waals surface area contributed by atoms with Crippen LogP contribution < -0.4 is 9.47 Å². The lowest BCUT2D eigenvalue weighted by atomic mass is 10.0. The predicted octanol–water partition coefficient (Wildman–Crippen LogP) is 7.26. The van der Waals surface area contributed by atoms with Crippen molar-refractivity contribution >= 4 is 23.5 Å². The Hall–Kier alpha value is -6.03. The summed E-state index contributed by atoms with van der Waals surface area (Å²) in [5.41, 5.74) is 5.40. The predicted molar refractivity (Wildman–Crippen MR) is 181 cm³/mol. The van der Waals surface area contributed by atoms with Crippen molar-refractivity contribution in [1.29, 1.82) is 0 Å². The molecule has 1 N–H and O–H groups in total. The van der Waals surface area contributed by atoms with Crippen molar-refractivity contribution < 1.29 is 38.1 Å². The molecule has 5 rings (SSSR count). The molecule has 0 spiro atoms. The Labute approximate surface area is 278 Å². The van der Waals surface area contributed by atoms with Crippen LogP contribution >= 0.6 is 0 Å². The van der Waals surface area contributed by atoms with E-state index in [2.05, 4.69) is 14.9 Å². The van der Waals surface area contributed by atoms with Crippen molar-refractivity contribution in [3.05, 3.63) is 125 Å². The first-order valence-corrected chi connectivity index (χ1v) is 15.2. The number of nitrogens with zero attached hydrogens (tertiary/aromatic N) is 1. The fourth-order valence-corrected chi connectivity index (χ4v) is 4.57. The molecule has 0 amide bonds. The van der Waals surface area contributed by atoms with E-state index in [1.165, 1.54) is 38.5 Å². The molecule has 0 saturated heterocycles. The fraction of sp³-hybridized carbons (Fsp3) is 0.184. The summed E-state index contributed by atoms with van der Waals surface area (Å²) in [5, 5.41) is 7.38. The van der Waals surface area contributed by atoms with Gasteiger partial charge in [-0.25, -0.2) is 9.59 Å². The van der Waals surface area contributed by atoms with Gasteiger partial charge in [0.15, 0.2) is 11.6 Å². The summed E-state index contributed by atoms with van der Waals surface area (Å²) < 4.78 is 20.1. The van der Waals surface area contributed by atoms with Gasteiger partial charge in [-0.05, 0) is 98.3 Å². The lowest BCUT2D eigenvalue weighted by Gasteiger charge is -2.05.